The van der Waals surface area contributed by atoms with Gasteiger partial charge in [0.15, 0.2) is 0 Å². The van der Waals surface area contributed by atoms with Gasteiger partial charge in [-0.2, -0.15) is 0 Å². The molecule has 0 aromatic heterocycles. The molecule has 0 saturated heterocycles. The van der Waals surface area contributed by atoms with E-state index < -0.39 is 6.10 Å². The summed E-state index contributed by atoms with van der Waals surface area (Å²) in [5.74, 6) is 6.43. The van der Waals surface area contributed by atoms with Crippen molar-refractivity contribution in [2.24, 2.45) is 5.92 Å². The van der Waals surface area contributed by atoms with E-state index in [2.05, 4.69) is 33.8 Å². The Hall–Kier alpha value is -1.56. The third-order valence-electron chi connectivity index (χ3n) is 3.73. The second-order valence-corrected chi connectivity index (χ2v) is 5.98. The first-order valence-electron chi connectivity index (χ1n) is 6.77. The Morgan fingerprint density at radius 1 is 1.05 bits per heavy atom. The van der Waals surface area contributed by atoms with Crippen molar-refractivity contribution in [1.82, 2.24) is 0 Å². The number of aryl methyl sites for hydroxylation is 1. The second-order valence-electron chi connectivity index (χ2n) is 5.07. The van der Waals surface area contributed by atoms with E-state index in [0.29, 0.717) is 0 Å². The van der Waals surface area contributed by atoms with Gasteiger partial charge in [-0.1, -0.05) is 52.0 Å². The highest BCUT2D eigenvalue weighted by Gasteiger charge is 2.25. The first-order chi connectivity index (χ1) is 9.74. The maximum absolute atomic E-state index is 10.4. The molecule has 100 valence electrons. The van der Waals surface area contributed by atoms with E-state index in [-0.39, 0.29) is 5.92 Å². The molecule has 1 aliphatic carbocycles. The van der Waals surface area contributed by atoms with Crippen molar-refractivity contribution in [2.45, 2.75) is 18.9 Å². The van der Waals surface area contributed by atoms with Crippen molar-refractivity contribution >= 4 is 15.9 Å². The summed E-state index contributed by atoms with van der Waals surface area (Å²) in [5, 5.41) is 10.4. The summed E-state index contributed by atoms with van der Waals surface area (Å²) in [4.78, 5) is 0. The summed E-state index contributed by atoms with van der Waals surface area (Å²) < 4.78 is 1.05. The number of benzene rings is 2. The number of hydrogen-bond acceptors (Lipinski definition) is 1. The number of hydrogen-bond donors (Lipinski definition) is 1. The lowest BCUT2D eigenvalue weighted by Crippen LogP contribution is -2.19. The Balaban J connectivity index is 1.82. The molecule has 1 N–H and O–H groups in total. The second kappa shape index (κ2) is 5.83. The SMILES string of the molecule is O[C@@H]1c2ccccc2CC[C@@H]1C#Cc1ccc(Br)cc1. The summed E-state index contributed by atoms with van der Waals surface area (Å²) >= 11 is 3.41. The van der Waals surface area contributed by atoms with Crippen molar-refractivity contribution < 1.29 is 5.11 Å². The molecular weight excluding hydrogens is 312 g/mol. The van der Waals surface area contributed by atoms with Crippen LogP contribution in [-0.4, -0.2) is 5.11 Å². The Kier molecular flexibility index (Phi) is 3.91. The fourth-order valence-corrected chi connectivity index (χ4v) is 2.86. The van der Waals surface area contributed by atoms with E-state index in [0.717, 1.165) is 28.4 Å². The number of fused-ring (bicyclic) bond motifs is 1. The van der Waals surface area contributed by atoms with Crippen molar-refractivity contribution in [3.8, 4) is 11.8 Å². The number of rotatable bonds is 0. The van der Waals surface area contributed by atoms with Gasteiger partial charge in [0.05, 0.1) is 12.0 Å². The van der Waals surface area contributed by atoms with Crippen LogP contribution in [0.25, 0.3) is 0 Å². The van der Waals surface area contributed by atoms with Crippen LogP contribution in [0.4, 0.5) is 0 Å². The van der Waals surface area contributed by atoms with E-state index in [1.165, 1.54) is 5.56 Å². The van der Waals surface area contributed by atoms with Gasteiger partial charge in [-0.05, 0) is 48.2 Å². The minimum Gasteiger partial charge on any atom is -0.387 e. The van der Waals surface area contributed by atoms with Gasteiger partial charge in [-0.25, -0.2) is 0 Å². The molecule has 20 heavy (non-hydrogen) atoms. The third-order valence-corrected chi connectivity index (χ3v) is 4.25. The maximum Gasteiger partial charge on any atom is 0.0930 e. The Morgan fingerprint density at radius 3 is 2.60 bits per heavy atom. The predicted molar refractivity (Wildman–Crippen MR) is 84.2 cm³/mol. The molecule has 0 saturated carbocycles. The van der Waals surface area contributed by atoms with Gasteiger partial charge in [0.2, 0.25) is 0 Å². The summed E-state index contributed by atoms with van der Waals surface area (Å²) in [7, 11) is 0. The van der Waals surface area contributed by atoms with Crippen LogP contribution < -0.4 is 0 Å². The van der Waals surface area contributed by atoms with Crippen LogP contribution in [0.15, 0.2) is 53.0 Å². The van der Waals surface area contributed by atoms with Gasteiger partial charge in [0.1, 0.15) is 0 Å². The predicted octanol–water partition coefficient (Wildman–Crippen LogP) is 4.10. The zero-order valence-electron chi connectivity index (χ0n) is 11.0. The minimum absolute atomic E-state index is 0.0218. The number of aliphatic hydroxyl groups is 1. The molecule has 2 atom stereocenters. The van der Waals surface area contributed by atoms with Gasteiger partial charge in [-0.3, -0.25) is 0 Å². The van der Waals surface area contributed by atoms with Gasteiger partial charge < -0.3 is 5.11 Å². The lowest BCUT2D eigenvalue weighted by Gasteiger charge is -2.26. The van der Waals surface area contributed by atoms with Crippen LogP contribution in [-0.2, 0) is 6.42 Å². The van der Waals surface area contributed by atoms with E-state index in [1.807, 2.05) is 42.5 Å². The monoisotopic (exact) mass is 326 g/mol. The summed E-state index contributed by atoms with van der Waals surface area (Å²) in [5.41, 5.74) is 3.27. The highest BCUT2D eigenvalue weighted by Crippen LogP contribution is 2.33. The van der Waals surface area contributed by atoms with Crippen molar-refractivity contribution in [2.75, 3.05) is 0 Å². The van der Waals surface area contributed by atoms with Crippen molar-refractivity contribution in [3.63, 3.8) is 0 Å². The van der Waals surface area contributed by atoms with Crippen LogP contribution in [0.3, 0.4) is 0 Å². The number of halogens is 1. The van der Waals surface area contributed by atoms with Crippen LogP contribution in [0.1, 0.15) is 29.2 Å². The molecule has 0 bridgehead atoms. The molecule has 0 aliphatic heterocycles. The summed E-state index contributed by atoms with van der Waals surface area (Å²) in [6, 6.07) is 16.0. The minimum atomic E-state index is -0.470. The molecule has 3 rings (SSSR count). The zero-order chi connectivity index (χ0) is 13.9. The van der Waals surface area contributed by atoms with E-state index in [4.69, 9.17) is 0 Å². The molecule has 0 unspecified atom stereocenters. The third kappa shape index (κ3) is 2.80. The Labute approximate surface area is 127 Å². The van der Waals surface area contributed by atoms with Crippen molar-refractivity contribution in [3.05, 3.63) is 69.7 Å². The average Bonchev–Trinajstić information content (AvgIpc) is 2.49. The molecule has 2 aromatic rings. The molecule has 2 aromatic carbocycles. The highest BCUT2D eigenvalue weighted by atomic mass is 79.9. The Bertz CT molecular complexity index is 664. The van der Waals surface area contributed by atoms with Crippen LogP contribution in [0, 0.1) is 17.8 Å². The normalized spacial score (nSPS) is 20.7. The molecule has 1 aliphatic rings. The molecule has 0 fully saturated rings. The molecule has 0 radical (unpaired) electrons. The van der Waals surface area contributed by atoms with Crippen LogP contribution >= 0.6 is 15.9 Å². The topological polar surface area (TPSA) is 20.2 Å². The van der Waals surface area contributed by atoms with Crippen LogP contribution in [0.2, 0.25) is 0 Å². The van der Waals surface area contributed by atoms with Gasteiger partial charge in [0, 0.05) is 10.0 Å². The van der Waals surface area contributed by atoms with Crippen molar-refractivity contribution in [1.29, 1.82) is 0 Å². The summed E-state index contributed by atoms with van der Waals surface area (Å²) in [6.07, 6.45) is 1.44. The fourth-order valence-electron chi connectivity index (χ4n) is 2.60. The average molecular weight is 327 g/mol. The lowest BCUT2D eigenvalue weighted by molar-refractivity contribution is 0.122. The molecule has 2 heteroatoms. The van der Waals surface area contributed by atoms with E-state index in [9.17, 15) is 5.11 Å². The highest BCUT2D eigenvalue weighted by molar-refractivity contribution is 9.10. The molecule has 0 amide bonds. The standard InChI is InChI=1S/C18H15BrO/c19-16-11-6-13(7-12-16)5-8-15-10-9-14-3-1-2-4-17(14)18(15)20/h1-4,6-7,11-12,15,18,20H,9-10H2/t15-,18-/m0/s1. The van der Waals surface area contributed by atoms with Gasteiger partial charge in [-0.15, -0.1) is 0 Å². The fraction of sp³-hybridized carbons (Fsp3) is 0.222. The number of aliphatic hydroxyl groups excluding tert-OH is 1. The smallest absolute Gasteiger partial charge is 0.0930 e. The van der Waals surface area contributed by atoms with E-state index in [1.54, 1.807) is 0 Å². The molecular formula is C18H15BrO. The summed E-state index contributed by atoms with van der Waals surface area (Å²) in [6.45, 7) is 0. The maximum atomic E-state index is 10.4. The molecule has 0 heterocycles. The Morgan fingerprint density at radius 2 is 1.80 bits per heavy atom. The largest absolute Gasteiger partial charge is 0.387 e. The van der Waals surface area contributed by atoms with Crippen LogP contribution in [0.5, 0.6) is 0 Å². The molecule has 1 nitrogen and oxygen atoms in total. The van der Waals surface area contributed by atoms with E-state index >= 15 is 0 Å². The molecule has 0 spiro atoms. The lowest BCUT2D eigenvalue weighted by atomic mass is 9.82. The van der Waals surface area contributed by atoms with Gasteiger partial charge >= 0.3 is 0 Å². The first kappa shape index (κ1) is 13.4. The quantitative estimate of drug-likeness (QED) is 0.723. The van der Waals surface area contributed by atoms with Gasteiger partial charge in [0.25, 0.3) is 0 Å². The zero-order valence-corrected chi connectivity index (χ0v) is 12.6. The first-order valence-corrected chi connectivity index (χ1v) is 7.56.